The molecule has 0 rings (SSSR count). The van der Waals surface area contributed by atoms with Crippen molar-refractivity contribution >= 4 is 17.9 Å². The Morgan fingerprint density at radius 3 is 1.54 bits per heavy atom. The number of aliphatic carboxylic acids is 1. The Morgan fingerprint density at radius 2 is 0.983 bits per heavy atom. The minimum absolute atomic E-state index is 0.0143. The molecule has 0 amide bonds. The number of hydrogen-bond donors (Lipinski definition) is 0. The van der Waals surface area contributed by atoms with Crippen molar-refractivity contribution in [2.45, 2.75) is 154 Å². The van der Waals surface area contributed by atoms with E-state index in [1.165, 1.54) is 19.3 Å². The molecule has 0 aromatic heterocycles. The lowest BCUT2D eigenvalue weighted by atomic mass is 10.1. The number of carbonyl (C=O) groups is 3. The fourth-order valence-electron chi connectivity index (χ4n) is 5.85. The summed E-state index contributed by atoms with van der Waals surface area (Å²) < 4.78 is 17.1. The number of nitrogens with zero attached hydrogens (tertiary/aromatic N) is 1. The maximum Gasteiger partial charge on any atom is 0.306 e. The van der Waals surface area contributed by atoms with Gasteiger partial charge in [0.2, 0.25) is 0 Å². The molecular weight excluding hydrogens is 739 g/mol. The van der Waals surface area contributed by atoms with Gasteiger partial charge in [0.15, 0.2) is 6.10 Å². The first-order chi connectivity index (χ1) is 28.6. The van der Waals surface area contributed by atoms with Crippen LogP contribution in [0.1, 0.15) is 142 Å². The molecule has 8 nitrogen and oxygen atoms in total. The van der Waals surface area contributed by atoms with E-state index in [4.69, 9.17) is 14.2 Å². The standard InChI is InChI=1S/C51H81NO7/c1-6-8-10-12-14-16-18-20-22-23-24-25-26-28-30-32-34-36-38-40-42-50(54)59-47(45-57-44-43-48(51(55)56)52(3,4)5)46-58-49(53)41-39-37-35-33-31-29-27-21-19-17-15-13-11-9-7-2/h8-11,13-17,19-22,24-25,27,29,31,47-48H,6-7,12,18,23,26,28,30,32-46H2,1-5H3/b10-8+,11-9+,15-13+,16-14+,19-17+,22-20+,25-24+,27-21+,31-29+. The first-order valence-electron chi connectivity index (χ1n) is 22.5. The summed E-state index contributed by atoms with van der Waals surface area (Å²) in [5, 5.41) is 11.6. The van der Waals surface area contributed by atoms with E-state index < -0.39 is 18.1 Å². The second-order valence-corrected chi connectivity index (χ2v) is 15.6. The zero-order valence-electron chi connectivity index (χ0n) is 37.6. The fourth-order valence-corrected chi connectivity index (χ4v) is 5.85. The minimum Gasteiger partial charge on any atom is -0.544 e. The van der Waals surface area contributed by atoms with Gasteiger partial charge in [-0.05, 0) is 70.6 Å². The first kappa shape index (κ1) is 55.0. The maximum absolute atomic E-state index is 12.7. The summed E-state index contributed by atoms with van der Waals surface area (Å²) in [5.74, 6) is -1.82. The molecule has 0 aliphatic heterocycles. The zero-order chi connectivity index (χ0) is 43.5. The van der Waals surface area contributed by atoms with Gasteiger partial charge in [0.05, 0.1) is 40.3 Å². The molecule has 59 heavy (non-hydrogen) atoms. The summed E-state index contributed by atoms with van der Waals surface area (Å²) in [6.07, 6.45) is 55.4. The highest BCUT2D eigenvalue weighted by Gasteiger charge is 2.25. The van der Waals surface area contributed by atoms with Crippen molar-refractivity contribution in [1.29, 1.82) is 0 Å². The van der Waals surface area contributed by atoms with Crippen LogP contribution in [0.5, 0.6) is 0 Å². The molecular formula is C51H81NO7. The molecule has 0 spiro atoms. The molecule has 0 aliphatic rings. The molecule has 2 atom stereocenters. The SMILES string of the molecule is CC/C=C/C=C/C=C/C=C/C=C/CCCCCC(=O)OCC(COCCC(C(=O)[O-])[N+](C)(C)C)OC(=O)CCCCCCCCC/C=C/C/C=C/C/C=C/C/C=C/CC. The molecule has 0 fully saturated rings. The number of carboxylic acids is 1. The molecule has 332 valence electrons. The molecule has 0 heterocycles. The van der Waals surface area contributed by atoms with Crippen LogP contribution in [0, 0.1) is 0 Å². The largest absolute Gasteiger partial charge is 0.544 e. The Labute approximate surface area is 359 Å². The number of hydrogen-bond acceptors (Lipinski definition) is 7. The molecule has 0 N–H and O–H groups in total. The molecule has 0 aromatic rings. The normalized spacial score (nSPS) is 14.0. The van der Waals surface area contributed by atoms with Crippen LogP contribution in [0.25, 0.3) is 0 Å². The van der Waals surface area contributed by atoms with E-state index in [0.29, 0.717) is 12.8 Å². The average Bonchev–Trinajstić information content (AvgIpc) is 3.19. The van der Waals surface area contributed by atoms with Gasteiger partial charge in [0.25, 0.3) is 0 Å². The van der Waals surface area contributed by atoms with Gasteiger partial charge in [-0.2, -0.15) is 0 Å². The van der Waals surface area contributed by atoms with Crippen LogP contribution in [0.15, 0.2) is 109 Å². The number of likely N-dealkylation sites (N-methyl/N-ethyl adjacent to an activating group) is 1. The Morgan fingerprint density at radius 1 is 0.525 bits per heavy atom. The summed E-state index contributed by atoms with van der Waals surface area (Å²) >= 11 is 0. The highest BCUT2D eigenvalue weighted by atomic mass is 16.6. The molecule has 0 saturated heterocycles. The molecule has 0 radical (unpaired) electrons. The van der Waals surface area contributed by atoms with E-state index in [1.54, 1.807) is 21.1 Å². The van der Waals surface area contributed by atoms with Crippen molar-refractivity contribution in [3.8, 4) is 0 Å². The lowest BCUT2D eigenvalue weighted by molar-refractivity contribution is -0.889. The third kappa shape index (κ3) is 39.2. The number of quaternary nitrogens is 1. The van der Waals surface area contributed by atoms with Crippen molar-refractivity contribution in [2.24, 2.45) is 0 Å². The maximum atomic E-state index is 12.7. The lowest BCUT2D eigenvalue weighted by Crippen LogP contribution is -2.55. The van der Waals surface area contributed by atoms with Crippen molar-refractivity contribution in [3.63, 3.8) is 0 Å². The molecule has 2 unspecified atom stereocenters. The van der Waals surface area contributed by atoms with E-state index in [-0.39, 0.29) is 49.1 Å². The molecule has 0 aromatic carbocycles. The summed E-state index contributed by atoms with van der Waals surface area (Å²) in [7, 11) is 5.37. The second-order valence-electron chi connectivity index (χ2n) is 15.6. The van der Waals surface area contributed by atoms with Gasteiger partial charge in [-0.1, -0.05) is 162 Å². The van der Waals surface area contributed by atoms with Crippen LogP contribution < -0.4 is 5.11 Å². The first-order valence-corrected chi connectivity index (χ1v) is 22.5. The second kappa shape index (κ2) is 40.8. The Balaban J connectivity index is 4.44. The van der Waals surface area contributed by atoms with E-state index in [2.05, 4.69) is 74.6 Å². The Kier molecular flexibility index (Phi) is 38.0. The van der Waals surface area contributed by atoms with Crippen molar-refractivity contribution in [2.75, 3.05) is 41.0 Å². The predicted molar refractivity (Wildman–Crippen MR) is 244 cm³/mol. The summed E-state index contributed by atoms with van der Waals surface area (Å²) in [5.41, 5.74) is 0. The topological polar surface area (TPSA) is 102 Å². The monoisotopic (exact) mass is 820 g/mol. The van der Waals surface area contributed by atoms with Gasteiger partial charge >= 0.3 is 11.9 Å². The molecule has 0 saturated carbocycles. The number of unbranched alkanes of at least 4 members (excludes halogenated alkanes) is 10. The molecule has 0 aliphatic carbocycles. The number of carbonyl (C=O) groups excluding carboxylic acids is 3. The molecule has 0 bridgehead atoms. The highest BCUT2D eigenvalue weighted by Crippen LogP contribution is 2.13. The number of allylic oxidation sites excluding steroid dienone is 18. The summed E-state index contributed by atoms with van der Waals surface area (Å²) in [6, 6.07) is -0.742. The number of carboxylic acid groups (broad SMARTS) is 1. The smallest absolute Gasteiger partial charge is 0.306 e. The van der Waals surface area contributed by atoms with E-state index in [0.717, 1.165) is 83.5 Å². The lowest BCUT2D eigenvalue weighted by Gasteiger charge is -2.34. The summed E-state index contributed by atoms with van der Waals surface area (Å²) in [4.78, 5) is 36.9. The van der Waals surface area contributed by atoms with Crippen molar-refractivity contribution < 1.29 is 38.2 Å². The average molecular weight is 820 g/mol. The third-order valence-electron chi connectivity index (χ3n) is 9.28. The van der Waals surface area contributed by atoms with E-state index in [9.17, 15) is 19.5 Å². The van der Waals surface area contributed by atoms with Gasteiger partial charge in [0.1, 0.15) is 12.6 Å². The summed E-state index contributed by atoms with van der Waals surface area (Å²) in [6.45, 7) is 4.32. The number of rotatable bonds is 38. The van der Waals surface area contributed by atoms with Gasteiger partial charge in [-0.25, -0.2) is 0 Å². The van der Waals surface area contributed by atoms with Crippen LogP contribution in [0.3, 0.4) is 0 Å². The van der Waals surface area contributed by atoms with Crippen LogP contribution >= 0.6 is 0 Å². The van der Waals surface area contributed by atoms with Crippen LogP contribution in [0.2, 0.25) is 0 Å². The Bertz CT molecular complexity index is 1330. The minimum atomic E-state index is -1.14. The zero-order valence-corrected chi connectivity index (χ0v) is 37.6. The van der Waals surface area contributed by atoms with Crippen LogP contribution in [-0.2, 0) is 28.6 Å². The van der Waals surface area contributed by atoms with Crippen LogP contribution in [-0.4, -0.2) is 75.5 Å². The van der Waals surface area contributed by atoms with Gasteiger partial charge in [0, 0.05) is 19.3 Å². The number of esters is 2. The highest BCUT2D eigenvalue weighted by molar-refractivity contribution is 5.70. The molecule has 8 heteroatoms. The van der Waals surface area contributed by atoms with Crippen LogP contribution in [0.4, 0.5) is 0 Å². The van der Waals surface area contributed by atoms with E-state index >= 15 is 0 Å². The predicted octanol–water partition coefficient (Wildman–Crippen LogP) is 11.1. The number of ether oxygens (including phenoxy) is 3. The van der Waals surface area contributed by atoms with Crippen molar-refractivity contribution in [3.05, 3.63) is 109 Å². The third-order valence-corrected chi connectivity index (χ3v) is 9.28. The van der Waals surface area contributed by atoms with E-state index in [1.807, 2.05) is 48.6 Å². The fraction of sp³-hybridized carbons (Fsp3) is 0.588. The van der Waals surface area contributed by atoms with Gasteiger partial charge in [-0.3, -0.25) is 9.59 Å². The van der Waals surface area contributed by atoms with Gasteiger partial charge < -0.3 is 28.6 Å². The Hall–Kier alpha value is -4.01. The quantitative estimate of drug-likeness (QED) is 0.0201. The van der Waals surface area contributed by atoms with Gasteiger partial charge in [-0.15, -0.1) is 0 Å². The van der Waals surface area contributed by atoms with Crippen molar-refractivity contribution in [1.82, 2.24) is 0 Å².